The van der Waals surface area contributed by atoms with Crippen LogP contribution in [0.4, 0.5) is 0 Å². The number of halogens is 1. The molecule has 0 aliphatic carbocycles. The first-order valence-corrected chi connectivity index (χ1v) is 9.01. The van der Waals surface area contributed by atoms with Gasteiger partial charge in [-0.25, -0.2) is 4.98 Å². The van der Waals surface area contributed by atoms with Crippen molar-refractivity contribution in [1.29, 1.82) is 0 Å². The van der Waals surface area contributed by atoms with Gasteiger partial charge >= 0.3 is 0 Å². The Morgan fingerprint density at radius 2 is 2.32 bits per heavy atom. The van der Waals surface area contributed by atoms with E-state index in [0.717, 1.165) is 12.0 Å². The smallest absolute Gasteiger partial charge is 0.289 e. The fraction of sp³-hybridized carbons (Fsp3) is 0.588. The highest BCUT2D eigenvalue weighted by Gasteiger charge is 2.48. The zero-order valence-corrected chi connectivity index (χ0v) is 15.2. The molecule has 1 N–H and O–H groups in total. The van der Waals surface area contributed by atoms with Gasteiger partial charge in [0.05, 0.1) is 10.8 Å². The number of allylic oxidation sites excluding steroid dienone is 1. The summed E-state index contributed by atoms with van der Waals surface area (Å²) in [5, 5.41) is 15.3. The van der Waals surface area contributed by atoms with Gasteiger partial charge in [-0.05, 0) is 24.5 Å². The molecule has 1 aromatic heterocycles. The lowest BCUT2D eigenvalue weighted by atomic mass is 9.81. The van der Waals surface area contributed by atoms with Crippen LogP contribution in [0.5, 0.6) is 0 Å². The van der Waals surface area contributed by atoms with E-state index >= 15 is 0 Å². The van der Waals surface area contributed by atoms with Gasteiger partial charge < -0.3 is 15.0 Å². The number of hydrogen-bond acceptors (Lipinski definition) is 6. The Labute approximate surface area is 152 Å². The second kappa shape index (κ2) is 7.58. The van der Waals surface area contributed by atoms with Crippen molar-refractivity contribution in [2.45, 2.75) is 32.9 Å². The predicted molar refractivity (Wildman–Crippen MR) is 94.4 cm³/mol. The summed E-state index contributed by atoms with van der Waals surface area (Å²) >= 11 is 5.87. The molecule has 7 nitrogen and oxygen atoms in total. The number of rotatable bonds is 6. The molecule has 1 saturated heterocycles. The molecule has 2 aliphatic rings. The molecular weight excluding hydrogens is 344 g/mol. The maximum atomic E-state index is 11.7. The van der Waals surface area contributed by atoms with Crippen LogP contribution in [0.15, 0.2) is 29.8 Å². The number of pyridine rings is 1. The van der Waals surface area contributed by atoms with Crippen molar-refractivity contribution >= 4 is 11.6 Å². The van der Waals surface area contributed by atoms with Gasteiger partial charge in [0.15, 0.2) is 5.82 Å². The summed E-state index contributed by atoms with van der Waals surface area (Å²) in [4.78, 5) is 17.6. The number of ether oxygens (including phenoxy) is 1. The zero-order valence-electron chi connectivity index (χ0n) is 14.4. The van der Waals surface area contributed by atoms with Crippen LogP contribution < -0.4 is 5.32 Å². The normalized spacial score (nSPS) is 25.7. The topological polar surface area (TPSA) is 80.5 Å². The molecule has 136 valence electrons. The Morgan fingerprint density at radius 3 is 2.96 bits per heavy atom. The predicted octanol–water partition coefficient (Wildman–Crippen LogP) is 2.65. The van der Waals surface area contributed by atoms with E-state index < -0.39 is 0 Å². The van der Waals surface area contributed by atoms with Crippen molar-refractivity contribution in [3.05, 3.63) is 50.7 Å². The summed E-state index contributed by atoms with van der Waals surface area (Å²) in [6.07, 6.45) is 3.11. The third-order valence-electron chi connectivity index (χ3n) is 4.87. The van der Waals surface area contributed by atoms with Crippen LogP contribution in [0.1, 0.15) is 25.8 Å². The largest absolute Gasteiger partial charge is 0.364 e. The number of nitro groups is 1. The summed E-state index contributed by atoms with van der Waals surface area (Å²) < 4.78 is 6.14. The molecular formula is C17H23ClN4O3. The Bertz CT molecular complexity index is 664. The lowest BCUT2D eigenvalue weighted by Gasteiger charge is -2.41. The van der Waals surface area contributed by atoms with Gasteiger partial charge in [0, 0.05) is 31.8 Å². The first-order valence-electron chi connectivity index (χ1n) is 8.64. The Morgan fingerprint density at radius 1 is 1.52 bits per heavy atom. The summed E-state index contributed by atoms with van der Waals surface area (Å²) in [5.41, 5.74) is 1.26. The number of nitrogens with zero attached hydrogens (tertiary/aromatic N) is 3. The average molecular weight is 367 g/mol. The maximum Gasteiger partial charge on any atom is 0.289 e. The molecule has 0 radical (unpaired) electrons. The molecule has 2 aliphatic heterocycles. The molecule has 3 rings (SSSR count). The van der Waals surface area contributed by atoms with Crippen molar-refractivity contribution < 1.29 is 9.66 Å². The van der Waals surface area contributed by atoms with Crippen molar-refractivity contribution in [3.63, 3.8) is 0 Å². The third-order valence-corrected chi connectivity index (χ3v) is 5.10. The molecule has 1 aromatic rings. The summed E-state index contributed by atoms with van der Waals surface area (Å²) in [6.45, 7) is 6.01. The van der Waals surface area contributed by atoms with Gasteiger partial charge in [-0.1, -0.05) is 31.5 Å². The Hall–Kier alpha value is -1.86. The van der Waals surface area contributed by atoms with Crippen LogP contribution in [0, 0.1) is 22.0 Å². The minimum Gasteiger partial charge on any atom is -0.364 e. The summed E-state index contributed by atoms with van der Waals surface area (Å²) in [7, 11) is 0. The molecule has 3 atom stereocenters. The standard InChI is InChI=1S/C17H23ClN4O3/c1-3-8-25-17-13(9-12-4-5-14(18)20-10-12)11(2)15(22(23)24)16-19-6-7-21(16)17/h4-5,10-11,13,17,19H,3,6-9H2,1-2H3. The van der Waals surface area contributed by atoms with Gasteiger partial charge in [-0.15, -0.1) is 0 Å². The molecule has 0 bridgehead atoms. The van der Waals surface area contributed by atoms with Gasteiger partial charge in [0.2, 0.25) is 0 Å². The van der Waals surface area contributed by atoms with Crippen molar-refractivity contribution in [1.82, 2.24) is 15.2 Å². The molecule has 25 heavy (non-hydrogen) atoms. The van der Waals surface area contributed by atoms with E-state index in [2.05, 4.69) is 17.2 Å². The van der Waals surface area contributed by atoms with E-state index in [0.29, 0.717) is 37.1 Å². The van der Waals surface area contributed by atoms with Crippen LogP contribution >= 0.6 is 11.6 Å². The van der Waals surface area contributed by atoms with Crippen molar-refractivity contribution in [3.8, 4) is 0 Å². The second-order valence-electron chi connectivity index (χ2n) is 6.52. The summed E-state index contributed by atoms with van der Waals surface area (Å²) in [6, 6.07) is 3.67. The van der Waals surface area contributed by atoms with Crippen LogP contribution in [0.25, 0.3) is 0 Å². The number of aromatic nitrogens is 1. The van der Waals surface area contributed by atoms with Crippen LogP contribution in [0.2, 0.25) is 5.15 Å². The minimum atomic E-state index is -0.255. The van der Waals surface area contributed by atoms with Gasteiger partial charge in [0.1, 0.15) is 11.4 Å². The highest BCUT2D eigenvalue weighted by molar-refractivity contribution is 6.29. The Kier molecular flexibility index (Phi) is 5.44. The fourth-order valence-electron chi connectivity index (χ4n) is 3.68. The number of nitrogens with one attached hydrogen (secondary N) is 1. The quantitative estimate of drug-likeness (QED) is 0.473. The van der Waals surface area contributed by atoms with E-state index in [1.807, 2.05) is 17.9 Å². The zero-order chi connectivity index (χ0) is 18.0. The van der Waals surface area contributed by atoms with E-state index in [1.54, 1.807) is 12.3 Å². The average Bonchev–Trinajstić information content (AvgIpc) is 3.05. The molecule has 3 unspecified atom stereocenters. The lowest BCUT2D eigenvalue weighted by Crippen LogP contribution is -2.50. The molecule has 0 aromatic carbocycles. The van der Waals surface area contributed by atoms with Gasteiger partial charge in [-0.3, -0.25) is 10.1 Å². The SMILES string of the molecule is CCCOC1C(Cc2ccc(Cl)nc2)C(C)C([N+](=O)[O-])=C2NCCN21. The number of hydrogen-bond donors (Lipinski definition) is 1. The third kappa shape index (κ3) is 3.57. The van der Waals surface area contributed by atoms with Crippen LogP contribution in [0.3, 0.4) is 0 Å². The van der Waals surface area contributed by atoms with Crippen LogP contribution in [-0.2, 0) is 11.2 Å². The molecule has 3 heterocycles. The highest BCUT2D eigenvalue weighted by atomic mass is 35.5. The number of fused-ring (bicyclic) bond motifs is 1. The summed E-state index contributed by atoms with van der Waals surface area (Å²) in [5.74, 6) is 0.354. The van der Waals surface area contributed by atoms with E-state index in [-0.39, 0.29) is 28.7 Å². The highest BCUT2D eigenvalue weighted by Crippen LogP contribution is 2.39. The monoisotopic (exact) mass is 366 g/mol. The Balaban J connectivity index is 1.94. The first-order chi connectivity index (χ1) is 12.0. The molecule has 0 saturated carbocycles. The lowest BCUT2D eigenvalue weighted by molar-refractivity contribution is -0.441. The van der Waals surface area contributed by atoms with Gasteiger partial charge in [-0.2, -0.15) is 0 Å². The molecule has 0 amide bonds. The van der Waals surface area contributed by atoms with E-state index in [4.69, 9.17) is 16.3 Å². The van der Waals surface area contributed by atoms with E-state index in [1.165, 1.54) is 0 Å². The second-order valence-corrected chi connectivity index (χ2v) is 6.91. The molecule has 0 spiro atoms. The molecule has 1 fully saturated rings. The van der Waals surface area contributed by atoms with E-state index in [9.17, 15) is 10.1 Å². The van der Waals surface area contributed by atoms with Gasteiger partial charge in [0.25, 0.3) is 5.70 Å². The maximum absolute atomic E-state index is 11.7. The van der Waals surface area contributed by atoms with Crippen molar-refractivity contribution in [2.75, 3.05) is 19.7 Å². The van der Waals surface area contributed by atoms with Crippen molar-refractivity contribution in [2.24, 2.45) is 11.8 Å². The first kappa shape index (κ1) is 17.9. The van der Waals surface area contributed by atoms with Crippen LogP contribution in [-0.4, -0.2) is 40.7 Å². The molecule has 8 heteroatoms. The minimum absolute atomic E-state index is 0.0291. The fourth-order valence-corrected chi connectivity index (χ4v) is 3.79.